The van der Waals surface area contributed by atoms with Gasteiger partial charge in [0.25, 0.3) is 5.91 Å². The van der Waals surface area contributed by atoms with E-state index in [1.807, 2.05) is 13.8 Å². The van der Waals surface area contributed by atoms with Crippen molar-refractivity contribution in [1.29, 1.82) is 0 Å². The van der Waals surface area contributed by atoms with E-state index in [2.05, 4.69) is 15.8 Å². The second-order valence-electron chi connectivity index (χ2n) is 5.67. The molecule has 0 saturated carbocycles. The van der Waals surface area contributed by atoms with Gasteiger partial charge < -0.3 is 25.3 Å². The standard InChI is InChI=1S/C20H24N4O5/c1-3-27-16-8-6-15(7-9-16)23-19(25)13-29-17-10-5-14(11-18(17)28-4-2)12-22-24-20(21)26/h5-12H,3-4,13H2,1-2H3,(H,23,25)(H3,21,24,26). The molecule has 0 aliphatic heterocycles. The topological polar surface area (TPSA) is 124 Å². The van der Waals surface area contributed by atoms with Gasteiger partial charge in [-0.15, -0.1) is 0 Å². The number of amides is 3. The predicted octanol–water partition coefficient (Wildman–Crippen LogP) is 2.50. The number of nitrogens with two attached hydrogens (primary N) is 1. The monoisotopic (exact) mass is 400 g/mol. The number of anilines is 1. The van der Waals surface area contributed by atoms with E-state index < -0.39 is 6.03 Å². The Labute approximate surface area is 168 Å². The highest BCUT2D eigenvalue weighted by molar-refractivity contribution is 5.92. The molecule has 0 aromatic heterocycles. The van der Waals surface area contributed by atoms with Gasteiger partial charge in [-0.1, -0.05) is 0 Å². The molecule has 0 radical (unpaired) electrons. The van der Waals surface area contributed by atoms with Crippen LogP contribution in [0, 0.1) is 0 Å². The molecule has 29 heavy (non-hydrogen) atoms. The summed E-state index contributed by atoms with van der Waals surface area (Å²) in [6.45, 7) is 4.53. The van der Waals surface area contributed by atoms with Gasteiger partial charge in [-0.2, -0.15) is 5.10 Å². The zero-order valence-electron chi connectivity index (χ0n) is 16.3. The Hall–Kier alpha value is -3.75. The van der Waals surface area contributed by atoms with E-state index >= 15 is 0 Å². The molecule has 2 aromatic carbocycles. The maximum absolute atomic E-state index is 12.2. The van der Waals surface area contributed by atoms with Crippen LogP contribution >= 0.6 is 0 Å². The summed E-state index contributed by atoms with van der Waals surface area (Å²) >= 11 is 0. The number of hydrazone groups is 1. The van der Waals surface area contributed by atoms with E-state index in [4.69, 9.17) is 19.9 Å². The number of urea groups is 1. The quantitative estimate of drug-likeness (QED) is 0.417. The summed E-state index contributed by atoms with van der Waals surface area (Å²) < 4.78 is 16.5. The summed E-state index contributed by atoms with van der Waals surface area (Å²) in [4.78, 5) is 22.8. The smallest absolute Gasteiger partial charge is 0.332 e. The summed E-state index contributed by atoms with van der Waals surface area (Å²) in [7, 11) is 0. The third-order valence-electron chi connectivity index (χ3n) is 3.46. The molecule has 9 nitrogen and oxygen atoms in total. The van der Waals surface area contributed by atoms with Crippen molar-refractivity contribution in [2.75, 3.05) is 25.1 Å². The molecule has 0 aliphatic rings. The van der Waals surface area contributed by atoms with E-state index in [1.165, 1.54) is 6.21 Å². The number of rotatable bonds is 10. The first-order valence-corrected chi connectivity index (χ1v) is 9.02. The molecule has 4 N–H and O–H groups in total. The van der Waals surface area contributed by atoms with Gasteiger partial charge in [0.05, 0.1) is 19.4 Å². The summed E-state index contributed by atoms with van der Waals surface area (Å²) in [5.74, 6) is 1.28. The Bertz CT molecular complexity index is 852. The van der Waals surface area contributed by atoms with Crippen molar-refractivity contribution in [3.8, 4) is 17.2 Å². The van der Waals surface area contributed by atoms with E-state index in [9.17, 15) is 9.59 Å². The van der Waals surface area contributed by atoms with E-state index in [0.29, 0.717) is 36.0 Å². The largest absolute Gasteiger partial charge is 0.494 e. The molecule has 0 heterocycles. The number of carbonyl (C=O) groups excluding carboxylic acids is 2. The van der Waals surface area contributed by atoms with Crippen LogP contribution in [0.25, 0.3) is 0 Å². The number of hydrogen-bond acceptors (Lipinski definition) is 6. The fourth-order valence-electron chi connectivity index (χ4n) is 2.30. The lowest BCUT2D eigenvalue weighted by Gasteiger charge is -2.13. The Balaban J connectivity index is 1.96. The molecule has 0 unspecified atom stereocenters. The molecular formula is C20H24N4O5. The van der Waals surface area contributed by atoms with Crippen molar-refractivity contribution in [2.45, 2.75) is 13.8 Å². The average molecular weight is 400 g/mol. The third kappa shape index (κ3) is 7.41. The molecular weight excluding hydrogens is 376 g/mol. The minimum absolute atomic E-state index is 0.191. The molecule has 0 fully saturated rings. The number of nitrogens with one attached hydrogen (secondary N) is 2. The molecule has 0 saturated heterocycles. The molecule has 3 amide bonds. The van der Waals surface area contributed by atoms with E-state index in [-0.39, 0.29) is 12.5 Å². The van der Waals surface area contributed by atoms with E-state index in [1.54, 1.807) is 42.5 Å². The van der Waals surface area contributed by atoms with Crippen molar-refractivity contribution in [3.05, 3.63) is 48.0 Å². The van der Waals surface area contributed by atoms with Crippen LogP contribution in [0.2, 0.25) is 0 Å². The molecule has 2 aromatic rings. The molecule has 0 aliphatic carbocycles. The number of benzene rings is 2. The van der Waals surface area contributed by atoms with Gasteiger partial charge in [0, 0.05) is 5.69 Å². The lowest BCUT2D eigenvalue weighted by Crippen LogP contribution is -2.24. The van der Waals surface area contributed by atoms with E-state index in [0.717, 1.165) is 5.75 Å². The van der Waals surface area contributed by atoms with Crippen molar-refractivity contribution >= 4 is 23.8 Å². The highest BCUT2D eigenvalue weighted by Crippen LogP contribution is 2.28. The summed E-state index contributed by atoms with van der Waals surface area (Å²) in [5.41, 5.74) is 8.36. The van der Waals surface area contributed by atoms with Crippen molar-refractivity contribution in [1.82, 2.24) is 5.43 Å². The molecule has 9 heteroatoms. The third-order valence-corrected chi connectivity index (χ3v) is 3.46. The molecule has 0 spiro atoms. The minimum atomic E-state index is -0.759. The van der Waals surface area contributed by atoms with Crippen LogP contribution in [0.3, 0.4) is 0 Å². The SMILES string of the molecule is CCOc1ccc(NC(=O)COc2ccc(C=NNC(N)=O)cc2OCC)cc1. The van der Waals surface area contributed by atoms with Crippen LogP contribution < -0.4 is 30.7 Å². The summed E-state index contributed by atoms with van der Waals surface area (Å²) in [6, 6.07) is 11.3. The lowest BCUT2D eigenvalue weighted by molar-refractivity contribution is -0.118. The Morgan fingerprint density at radius 3 is 2.38 bits per heavy atom. The van der Waals surface area contributed by atoms with Gasteiger partial charge in [0.1, 0.15) is 5.75 Å². The van der Waals surface area contributed by atoms with Gasteiger partial charge >= 0.3 is 6.03 Å². The summed E-state index contributed by atoms with van der Waals surface area (Å²) in [5, 5.41) is 6.44. The zero-order valence-corrected chi connectivity index (χ0v) is 16.3. The van der Waals surface area contributed by atoms with Gasteiger partial charge in [-0.25, -0.2) is 10.2 Å². The van der Waals surface area contributed by atoms with Gasteiger partial charge in [-0.3, -0.25) is 4.79 Å². The minimum Gasteiger partial charge on any atom is -0.494 e. The van der Waals surface area contributed by atoms with Gasteiger partial charge in [-0.05, 0) is 61.9 Å². The fourth-order valence-corrected chi connectivity index (χ4v) is 2.30. The maximum atomic E-state index is 12.2. The highest BCUT2D eigenvalue weighted by atomic mass is 16.5. The molecule has 2 rings (SSSR count). The van der Waals surface area contributed by atoms with Crippen LogP contribution in [-0.4, -0.2) is 38.0 Å². The second-order valence-corrected chi connectivity index (χ2v) is 5.67. The van der Waals surface area contributed by atoms with Crippen LogP contribution in [0.1, 0.15) is 19.4 Å². The number of hydrogen-bond donors (Lipinski definition) is 3. The first-order valence-electron chi connectivity index (χ1n) is 9.02. The van der Waals surface area contributed by atoms with Crippen LogP contribution in [0.15, 0.2) is 47.6 Å². The van der Waals surface area contributed by atoms with Crippen molar-refractivity contribution in [2.24, 2.45) is 10.8 Å². The normalized spacial score (nSPS) is 10.4. The Kier molecular flexibility index (Phi) is 8.30. The second kappa shape index (κ2) is 11.2. The van der Waals surface area contributed by atoms with Crippen LogP contribution in [-0.2, 0) is 4.79 Å². The number of ether oxygens (including phenoxy) is 3. The maximum Gasteiger partial charge on any atom is 0.332 e. The van der Waals surface area contributed by atoms with Gasteiger partial charge in [0.2, 0.25) is 0 Å². The van der Waals surface area contributed by atoms with Crippen LogP contribution in [0.4, 0.5) is 10.5 Å². The zero-order chi connectivity index (χ0) is 21.1. The molecule has 0 atom stereocenters. The van der Waals surface area contributed by atoms with Gasteiger partial charge in [0.15, 0.2) is 18.1 Å². The lowest BCUT2D eigenvalue weighted by atomic mass is 10.2. The Morgan fingerprint density at radius 1 is 1.00 bits per heavy atom. The van der Waals surface area contributed by atoms with Crippen molar-refractivity contribution in [3.63, 3.8) is 0 Å². The molecule has 0 bridgehead atoms. The predicted molar refractivity (Wildman–Crippen MR) is 110 cm³/mol. The first kappa shape index (κ1) is 21.5. The summed E-state index contributed by atoms with van der Waals surface area (Å²) in [6.07, 6.45) is 1.41. The highest BCUT2D eigenvalue weighted by Gasteiger charge is 2.09. The van der Waals surface area contributed by atoms with Crippen molar-refractivity contribution < 1.29 is 23.8 Å². The number of carbonyl (C=O) groups is 2. The number of nitrogens with zero attached hydrogens (tertiary/aromatic N) is 1. The first-order chi connectivity index (χ1) is 14.0. The average Bonchev–Trinajstić information content (AvgIpc) is 2.69. The fraction of sp³-hybridized carbons (Fsp3) is 0.250. The van der Waals surface area contributed by atoms with Crippen LogP contribution in [0.5, 0.6) is 17.2 Å². The molecule has 154 valence electrons. The number of primary amides is 1. The Morgan fingerprint density at radius 2 is 1.72 bits per heavy atom.